The van der Waals surface area contributed by atoms with Crippen molar-refractivity contribution < 1.29 is 0 Å². The minimum Gasteiger partial charge on any atom is -0.377 e. The van der Waals surface area contributed by atoms with Gasteiger partial charge in [0.25, 0.3) is 0 Å². The Kier molecular flexibility index (Phi) is 11.5. The van der Waals surface area contributed by atoms with Crippen molar-refractivity contribution in [2.75, 3.05) is 49.9 Å². The average Bonchev–Trinajstić information content (AvgIpc) is 3.26. The lowest BCUT2D eigenvalue weighted by Gasteiger charge is -2.07. The summed E-state index contributed by atoms with van der Waals surface area (Å²) in [5, 5.41) is 21.0. The Morgan fingerprint density at radius 2 is 1.04 bits per heavy atom. The van der Waals surface area contributed by atoms with E-state index in [0.29, 0.717) is 0 Å². The van der Waals surface area contributed by atoms with Crippen LogP contribution in [-0.4, -0.2) is 39.3 Å². The first kappa shape index (κ1) is 22.2. The molecule has 0 bridgehead atoms. The molecule has 2 rings (SSSR count). The van der Waals surface area contributed by atoms with Gasteiger partial charge in [-0.2, -0.15) is 0 Å². The van der Waals surface area contributed by atoms with E-state index < -0.39 is 0 Å². The van der Waals surface area contributed by atoms with E-state index in [0.717, 1.165) is 39.3 Å². The molecule has 0 spiro atoms. The van der Waals surface area contributed by atoms with Gasteiger partial charge in [-0.25, -0.2) is 0 Å². The van der Waals surface area contributed by atoms with Crippen LogP contribution in [0.4, 0.5) is 10.0 Å². The smallest absolute Gasteiger partial charge is 0.0885 e. The summed E-state index contributed by atoms with van der Waals surface area (Å²) in [6, 6.07) is 4.43. The third-order valence-electron chi connectivity index (χ3n) is 4.33. The lowest BCUT2D eigenvalue weighted by Crippen LogP contribution is -2.21. The van der Waals surface area contributed by atoms with Gasteiger partial charge in [-0.1, -0.05) is 6.42 Å². The van der Waals surface area contributed by atoms with Crippen LogP contribution in [0, 0.1) is 13.8 Å². The van der Waals surface area contributed by atoms with Crippen LogP contribution in [0.1, 0.15) is 43.2 Å². The van der Waals surface area contributed by atoms with Crippen molar-refractivity contribution in [2.45, 2.75) is 46.0 Å². The summed E-state index contributed by atoms with van der Waals surface area (Å²) in [5.41, 5.74) is 2.69. The van der Waals surface area contributed by atoms with Gasteiger partial charge in [0.05, 0.1) is 10.0 Å². The lowest BCUT2D eigenvalue weighted by molar-refractivity contribution is 0.565. The Balaban J connectivity index is 1.26. The van der Waals surface area contributed by atoms with E-state index in [2.05, 4.69) is 58.0 Å². The fourth-order valence-corrected chi connectivity index (χ4v) is 4.47. The van der Waals surface area contributed by atoms with Crippen molar-refractivity contribution in [3.63, 3.8) is 0 Å². The molecule has 2 heterocycles. The number of hydrogen-bond donors (Lipinski definition) is 4. The van der Waals surface area contributed by atoms with Crippen LogP contribution in [0.15, 0.2) is 22.9 Å². The molecule has 152 valence electrons. The second-order valence-corrected chi connectivity index (χ2v) is 8.92. The predicted octanol–water partition coefficient (Wildman–Crippen LogP) is 5.08. The molecule has 2 aromatic heterocycles. The fraction of sp³-hybridized carbons (Fsp3) is 0.619. The highest BCUT2D eigenvalue weighted by Crippen LogP contribution is 2.19. The van der Waals surface area contributed by atoms with Crippen molar-refractivity contribution in [1.29, 1.82) is 0 Å². The monoisotopic (exact) mass is 408 g/mol. The molecule has 0 saturated heterocycles. The zero-order valence-electron chi connectivity index (χ0n) is 16.9. The zero-order chi connectivity index (χ0) is 19.2. The van der Waals surface area contributed by atoms with Crippen molar-refractivity contribution in [2.24, 2.45) is 0 Å². The van der Waals surface area contributed by atoms with Crippen LogP contribution in [0.5, 0.6) is 0 Å². The number of rotatable bonds is 16. The number of nitrogens with one attached hydrogen (secondary N) is 4. The van der Waals surface area contributed by atoms with E-state index in [4.69, 9.17) is 0 Å². The third-order valence-corrected chi connectivity index (χ3v) is 6.34. The molecule has 0 amide bonds. The quantitative estimate of drug-likeness (QED) is 0.293. The van der Waals surface area contributed by atoms with Gasteiger partial charge in [0, 0.05) is 13.1 Å². The Labute approximate surface area is 173 Å². The Bertz CT molecular complexity index is 557. The largest absolute Gasteiger partial charge is 0.377 e. The number of aryl methyl sites for hydroxylation is 2. The number of thiophene rings is 2. The average molecular weight is 409 g/mol. The third kappa shape index (κ3) is 10.7. The first-order valence-electron chi connectivity index (χ1n) is 10.2. The van der Waals surface area contributed by atoms with E-state index in [1.54, 1.807) is 22.7 Å². The molecule has 0 unspecified atom stereocenters. The van der Waals surface area contributed by atoms with Gasteiger partial charge in [-0.05, 0) is 99.7 Å². The highest BCUT2D eigenvalue weighted by Gasteiger charge is 1.96. The molecule has 0 radical (unpaired) electrons. The standard InChI is InChI=1S/C21H36N4S2/c1-18-14-20(26-16-18)24-12-6-10-22-8-4-3-5-9-23-11-7-13-25-21-15-19(2)17-27-21/h14-17,22-25H,3-13H2,1-2H3. The molecule has 0 aliphatic carbocycles. The minimum atomic E-state index is 1.05. The van der Waals surface area contributed by atoms with Gasteiger partial charge in [-0.3, -0.25) is 0 Å². The maximum Gasteiger partial charge on any atom is 0.0885 e. The number of unbranched alkanes of at least 4 members (excludes halogenated alkanes) is 2. The second-order valence-electron chi connectivity index (χ2n) is 7.10. The van der Waals surface area contributed by atoms with Gasteiger partial charge in [-0.15, -0.1) is 22.7 Å². The van der Waals surface area contributed by atoms with Crippen molar-refractivity contribution >= 4 is 32.7 Å². The van der Waals surface area contributed by atoms with Crippen molar-refractivity contribution in [1.82, 2.24) is 10.6 Å². The summed E-state index contributed by atoms with van der Waals surface area (Å²) in [4.78, 5) is 0. The predicted molar refractivity (Wildman–Crippen MR) is 124 cm³/mol. The topological polar surface area (TPSA) is 48.1 Å². The maximum atomic E-state index is 3.55. The molecule has 2 aromatic rings. The van der Waals surface area contributed by atoms with Crippen LogP contribution >= 0.6 is 22.7 Å². The van der Waals surface area contributed by atoms with Crippen molar-refractivity contribution in [3.05, 3.63) is 34.0 Å². The Morgan fingerprint density at radius 3 is 1.44 bits per heavy atom. The summed E-state index contributed by atoms with van der Waals surface area (Å²) < 4.78 is 0. The van der Waals surface area contributed by atoms with Crippen molar-refractivity contribution in [3.8, 4) is 0 Å². The zero-order valence-corrected chi connectivity index (χ0v) is 18.5. The molecule has 0 saturated carbocycles. The summed E-state index contributed by atoms with van der Waals surface area (Å²) in [6.45, 7) is 10.9. The van der Waals surface area contributed by atoms with Gasteiger partial charge >= 0.3 is 0 Å². The Hall–Kier alpha value is -1.08. The maximum absolute atomic E-state index is 3.55. The van der Waals surface area contributed by atoms with Gasteiger partial charge in [0.2, 0.25) is 0 Å². The van der Waals surface area contributed by atoms with Gasteiger partial charge in [0.1, 0.15) is 0 Å². The Morgan fingerprint density at radius 1 is 0.593 bits per heavy atom. The first-order chi connectivity index (χ1) is 13.2. The van der Waals surface area contributed by atoms with E-state index in [1.165, 1.54) is 53.2 Å². The van der Waals surface area contributed by atoms with E-state index in [1.807, 2.05) is 0 Å². The molecular formula is C21H36N4S2. The minimum absolute atomic E-state index is 1.05. The molecule has 0 aromatic carbocycles. The second kappa shape index (κ2) is 14.0. The molecule has 0 fully saturated rings. The van der Waals surface area contributed by atoms with E-state index in [-0.39, 0.29) is 0 Å². The molecule has 4 N–H and O–H groups in total. The lowest BCUT2D eigenvalue weighted by atomic mass is 10.2. The summed E-state index contributed by atoms with van der Waals surface area (Å²) >= 11 is 3.59. The van der Waals surface area contributed by atoms with E-state index in [9.17, 15) is 0 Å². The SMILES string of the molecule is Cc1csc(NCCCNCCCCCNCCCNc2cc(C)cs2)c1. The first-order valence-corrected chi connectivity index (χ1v) is 12.0. The van der Waals surface area contributed by atoms with Crippen LogP contribution in [0.3, 0.4) is 0 Å². The fourth-order valence-electron chi connectivity index (χ4n) is 2.82. The summed E-state index contributed by atoms with van der Waals surface area (Å²) in [5.74, 6) is 0. The normalized spacial score (nSPS) is 11.0. The van der Waals surface area contributed by atoms with Crippen LogP contribution in [0.25, 0.3) is 0 Å². The molecule has 0 atom stereocenters. The van der Waals surface area contributed by atoms with E-state index >= 15 is 0 Å². The molecule has 4 nitrogen and oxygen atoms in total. The van der Waals surface area contributed by atoms with Crippen LogP contribution < -0.4 is 21.3 Å². The van der Waals surface area contributed by atoms with Crippen LogP contribution in [0.2, 0.25) is 0 Å². The number of anilines is 2. The summed E-state index contributed by atoms with van der Waals surface area (Å²) in [7, 11) is 0. The summed E-state index contributed by atoms with van der Waals surface area (Å²) in [6.07, 6.45) is 6.21. The number of hydrogen-bond acceptors (Lipinski definition) is 6. The highest BCUT2D eigenvalue weighted by molar-refractivity contribution is 7.14. The van der Waals surface area contributed by atoms with Gasteiger partial charge < -0.3 is 21.3 Å². The molecule has 0 aliphatic rings. The highest BCUT2D eigenvalue weighted by atomic mass is 32.1. The van der Waals surface area contributed by atoms with Crippen LogP contribution in [-0.2, 0) is 0 Å². The molecule has 0 aliphatic heterocycles. The molecule has 6 heteroatoms. The molecule has 27 heavy (non-hydrogen) atoms. The molecular weight excluding hydrogens is 372 g/mol. The van der Waals surface area contributed by atoms with Gasteiger partial charge in [0.15, 0.2) is 0 Å².